The van der Waals surface area contributed by atoms with Crippen LogP contribution in [0, 0.1) is 17.2 Å². The number of aromatic amines is 1. The van der Waals surface area contributed by atoms with Gasteiger partial charge in [-0.1, -0.05) is 6.92 Å². The van der Waals surface area contributed by atoms with Gasteiger partial charge in [0.1, 0.15) is 24.2 Å². The Morgan fingerprint density at radius 2 is 2.57 bits per heavy atom. The van der Waals surface area contributed by atoms with Gasteiger partial charge in [-0.2, -0.15) is 5.26 Å². The molecular weight excluding hydrogens is 292 g/mol. The summed E-state index contributed by atoms with van der Waals surface area (Å²) in [6.07, 6.45) is -1.60. The second kappa shape index (κ2) is 6.24. The first kappa shape index (κ1) is 9.50. The first-order valence-corrected chi connectivity index (χ1v) is 7.10. The first-order chi connectivity index (χ1) is 13.4. The molecule has 0 saturated carbocycles. The normalized spacial score (nSPS) is 32.0. The predicted molar refractivity (Wildman–Crippen MR) is 86.7 cm³/mol. The largest absolute Gasteiger partial charge is 0.354 e. The number of anilines is 1. The molecule has 1 saturated heterocycles. The first-order valence-electron chi connectivity index (χ1n) is 10.1. The maximum absolute atomic E-state index is 12.5. The Labute approximate surface area is 143 Å². The van der Waals surface area contributed by atoms with E-state index in [1.165, 1.54) is 24.3 Å². The molecule has 23 heavy (non-hydrogen) atoms. The third kappa shape index (κ3) is 2.84. The summed E-state index contributed by atoms with van der Waals surface area (Å²) in [7, 11) is 1.50. The highest BCUT2D eigenvalue weighted by Crippen LogP contribution is 2.28. The van der Waals surface area contributed by atoms with Crippen LogP contribution in [0.3, 0.4) is 0 Å². The van der Waals surface area contributed by atoms with Crippen LogP contribution in [0.25, 0.3) is 11.0 Å². The molecule has 120 valence electrons. The lowest BCUT2D eigenvalue weighted by molar-refractivity contribution is -0.131. The lowest BCUT2D eigenvalue weighted by Crippen LogP contribution is -2.52. The van der Waals surface area contributed by atoms with E-state index in [1.807, 2.05) is 0 Å². The molecule has 3 rings (SSSR count). The van der Waals surface area contributed by atoms with Crippen molar-refractivity contribution in [1.82, 2.24) is 19.9 Å². The Morgan fingerprint density at radius 3 is 3.35 bits per heavy atom. The molecule has 7 heteroatoms. The van der Waals surface area contributed by atoms with Crippen molar-refractivity contribution < 1.29 is 13.0 Å². The Bertz CT molecular complexity index is 1020. The number of nitrogens with zero attached hydrogens (tertiary/aromatic N) is 5. The van der Waals surface area contributed by atoms with E-state index < -0.39 is 24.2 Å². The Kier molecular flexibility index (Phi) is 2.58. The highest BCUT2D eigenvalue weighted by atomic mass is 16.2. The quantitative estimate of drug-likeness (QED) is 0.927. The van der Waals surface area contributed by atoms with Crippen LogP contribution in [0.1, 0.15) is 27.9 Å². The van der Waals surface area contributed by atoms with E-state index in [0.717, 1.165) is 4.90 Å². The lowest BCUT2D eigenvalue weighted by atomic mass is 9.92. The topological polar surface area (TPSA) is 88.9 Å². The zero-order valence-corrected chi connectivity index (χ0v) is 12.8. The molecule has 1 fully saturated rings. The third-order valence-corrected chi connectivity index (χ3v) is 3.96. The molecular formula is C16H20N6O. The molecule has 1 aliphatic heterocycles. The fourth-order valence-corrected chi connectivity index (χ4v) is 2.66. The van der Waals surface area contributed by atoms with Gasteiger partial charge in [0.05, 0.1) is 24.3 Å². The monoisotopic (exact) mass is 318 g/mol. The van der Waals surface area contributed by atoms with Crippen LogP contribution < -0.4 is 4.90 Å². The van der Waals surface area contributed by atoms with Crippen molar-refractivity contribution in [2.24, 2.45) is 5.89 Å². The number of fused-ring (bicyclic) bond motifs is 1. The Balaban J connectivity index is 2.07. The number of hydrogen-bond acceptors (Lipinski definition) is 5. The van der Waals surface area contributed by atoms with Gasteiger partial charge in [0.15, 0.2) is 0 Å². The summed E-state index contributed by atoms with van der Waals surface area (Å²) in [4.78, 5) is 25.7. The van der Waals surface area contributed by atoms with Crippen LogP contribution in [0.15, 0.2) is 18.5 Å². The minimum absolute atomic E-state index is 0.0401. The fourth-order valence-electron chi connectivity index (χ4n) is 2.66. The maximum atomic E-state index is 12.5. The molecule has 7 nitrogen and oxygen atoms in total. The van der Waals surface area contributed by atoms with E-state index in [-0.39, 0.29) is 48.6 Å². The summed E-state index contributed by atoms with van der Waals surface area (Å²) in [6, 6.07) is -0.583. The molecule has 1 amide bonds. The van der Waals surface area contributed by atoms with Gasteiger partial charge in [-0.25, -0.2) is 9.97 Å². The minimum Gasteiger partial charge on any atom is -0.354 e. The number of amides is 1. The molecule has 0 bridgehead atoms. The zero-order valence-electron chi connectivity index (χ0n) is 18.8. The van der Waals surface area contributed by atoms with Gasteiger partial charge in [0.2, 0.25) is 5.91 Å². The number of rotatable bonds is 3. The minimum atomic E-state index is -2.73. The van der Waals surface area contributed by atoms with Crippen LogP contribution in [-0.2, 0) is 4.79 Å². The molecule has 3 heterocycles. The van der Waals surface area contributed by atoms with Gasteiger partial charge in [-0.05, 0) is 18.4 Å². The third-order valence-electron chi connectivity index (χ3n) is 3.96. The highest BCUT2D eigenvalue weighted by Gasteiger charge is 2.32. The molecule has 0 aromatic carbocycles. The summed E-state index contributed by atoms with van der Waals surface area (Å²) in [5.74, 6) is -2.28. The fraction of sp³-hybridized carbons (Fsp3) is 0.500. The number of carbonyl (C=O) groups excluding carboxylic acids is 1. The van der Waals surface area contributed by atoms with Crippen molar-refractivity contribution in [2.45, 2.75) is 25.7 Å². The Hall–Kier alpha value is -2.62. The van der Waals surface area contributed by atoms with E-state index >= 15 is 0 Å². The van der Waals surface area contributed by atoms with Crippen molar-refractivity contribution in [2.75, 3.05) is 25.0 Å². The zero-order chi connectivity index (χ0) is 21.8. The number of nitriles is 1. The molecule has 0 radical (unpaired) electrons. The van der Waals surface area contributed by atoms with E-state index in [9.17, 15) is 4.79 Å². The summed E-state index contributed by atoms with van der Waals surface area (Å²) in [5.41, 5.74) is 0.247. The van der Waals surface area contributed by atoms with Gasteiger partial charge in [-0.15, -0.1) is 0 Å². The molecule has 2 aromatic heterocycles. The number of carbonyl (C=O) groups is 1. The second-order valence-electron chi connectivity index (χ2n) is 5.30. The number of piperidine rings is 1. The Morgan fingerprint density at radius 1 is 1.74 bits per heavy atom. The number of likely N-dealkylation sites (tertiary alicyclic amines) is 1. The van der Waals surface area contributed by atoms with Crippen LogP contribution in [0.4, 0.5) is 5.82 Å². The molecule has 0 spiro atoms. The predicted octanol–water partition coefficient (Wildman–Crippen LogP) is 1.54. The summed E-state index contributed by atoms with van der Waals surface area (Å²) < 4.78 is 48.8. The number of aromatic nitrogens is 3. The molecule has 2 atom stereocenters. The van der Waals surface area contributed by atoms with Gasteiger partial charge in [0.25, 0.3) is 0 Å². The van der Waals surface area contributed by atoms with Crippen molar-refractivity contribution in [1.29, 1.82) is 5.26 Å². The smallest absolute Gasteiger partial charge is 0.236 e. The van der Waals surface area contributed by atoms with Crippen molar-refractivity contribution in [3.63, 3.8) is 0 Å². The number of likely N-dealkylation sites (N-methyl/N-ethyl adjacent to an activating group) is 1. The highest BCUT2D eigenvalue weighted by molar-refractivity contribution is 5.87. The maximum Gasteiger partial charge on any atom is 0.236 e. The van der Waals surface area contributed by atoms with Crippen molar-refractivity contribution >= 4 is 22.8 Å². The van der Waals surface area contributed by atoms with Crippen LogP contribution in [-0.4, -0.2) is 51.9 Å². The summed E-state index contributed by atoms with van der Waals surface area (Å²) in [5, 5.41) is 9.16. The summed E-state index contributed by atoms with van der Waals surface area (Å²) in [6.45, 7) is 1.25. The number of nitrogens with one attached hydrogen (secondary N) is 1. The average molecular weight is 318 g/mol. The average Bonchev–Trinajstić information content (AvgIpc) is 2.97. The standard InChI is InChI=1S/C16H20N6O/c1-11-5-8-22(14(23)3-6-17)9-13(11)21(2)16-12-4-7-18-15(12)19-10-20-16/h4,7,10-11,13H,3,5,8-9H2,1-2H3,(H,18,19,20)/t11-,13+/m1/s1/i3D2,4D,7D,11D,13D. The molecule has 0 unspecified atom stereocenters. The van der Waals surface area contributed by atoms with E-state index in [0.29, 0.717) is 0 Å². The SMILES string of the molecule is [2H]c1[nH]c2ncnc(N(C)[C@@]3([2H])CN(C(=O)C([2H])([2H])C#N)CC[C@@]3([2H])C)c2c1[2H]. The van der Waals surface area contributed by atoms with E-state index in [2.05, 4.69) is 15.0 Å². The number of hydrogen-bond donors (Lipinski definition) is 1. The molecule has 2 aromatic rings. The van der Waals surface area contributed by atoms with E-state index in [4.69, 9.17) is 13.5 Å². The number of H-pyrrole nitrogens is 1. The lowest BCUT2D eigenvalue weighted by Gasteiger charge is -2.42. The van der Waals surface area contributed by atoms with Gasteiger partial charge in [-0.3, -0.25) is 4.79 Å². The summed E-state index contributed by atoms with van der Waals surface area (Å²) >= 11 is 0. The van der Waals surface area contributed by atoms with Gasteiger partial charge < -0.3 is 14.8 Å². The molecule has 0 aliphatic carbocycles. The van der Waals surface area contributed by atoms with Gasteiger partial charge >= 0.3 is 0 Å². The van der Waals surface area contributed by atoms with Crippen LogP contribution >= 0.6 is 0 Å². The van der Waals surface area contributed by atoms with Gasteiger partial charge in [0, 0.05) is 27.7 Å². The van der Waals surface area contributed by atoms with Crippen molar-refractivity contribution in [3.8, 4) is 6.07 Å². The second-order valence-corrected chi connectivity index (χ2v) is 5.30. The molecule has 1 N–H and O–H groups in total. The van der Waals surface area contributed by atoms with E-state index in [1.54, 1.807) is 6.92 Å². The van der Waals surface area contributed by atoms with Crippen LogP contribution in [0.5, 0.6) is 0 Å². The molecule has 1 aliphatic rings. The van der Waals surface area contributed by atoms with Crippen LogP contribution in [0.2, 0.25) is 0 Å². The van der Waals surface area contributed by atoms with Crippen molar-refractivity contribution in [3.05, 3.63) is 18.5 Å².